The summed E-state index contributed by atoms with van der Waals surface area (Å²) in [6.45, 7) is 2.15. The summed E-state index contributed by atoms with van der Waals surface area (Å²) in [7, 11) is 0. The number of unbranched alkanes of at least 4 members (excludes halogenated alkanes) is 1. The van der Waals surface area contributed by atoms with Gasteiger partial charge in [-0.1, -0.05) is 37.2 Å². The number of benzene rings is 1. The van der Waals surface area contributed by atoms with E-state index >= 15 is 0 Å². The topological polar surface area (TPSA) is 143 Å². The number of carbonyl (C=O) groups is 2. The number of rotatable bonds is 9. The Morgan fingerprint density at radius 1 is 1.19 bits per heavy atom. The number of nitrogens with zero attached hydrogens (tertiary/aromatic N) is 1. The lowest BCUT2D eigenvalue weighted by Gasteiger charge is -2.08. The van der Waals surface area contributed by atoms with Gasteiger partial charge in [-0.05, 0) is 42.7 Å². The van der Waals surface area contributed by atoms with Crippen LogP contribution in [-0.2, 0) is 11.2 Å². The van der Waals surface area contributed by atoms with Crippen LogP contribution in [0.3, 0.4) is 0 Å². The van der Waals surface area contributed by atoms with E-state index in [2.05, 4.69) is 27.5 Å². The summed E-state index contributed by atoms with van der Waals surface area (Å²) in [5, 5.41) is 5.34. The van der Waals surface area contributed by atoms with Crippen LogP contribution in [0.5, 0.6) is 0 Å². The van der Waals surface area contributed by atoms with Crippen molar-refractivity contribution in [2.45, 2.75) is 31.3 Å². The molecule has 0 radical (unpaired) electrons. The predicted octanol–water partition coefficient (Wildman–Crippen LogP) is 3.27. The lowest BCUT2D eigenvalue weighted by Crippen LogP contribution is -2.23. The third kappa shape index (κ3) is 6.22. The molecule has 3 aromatic rings. The van der Waals surface area contributed by atoms with Crippen molar-refractivity contribution in [1.82, 2.24) is 9.97 Å². The van der Waals surface area contributed by atoms with E-state index in [1.807, 2.05) is 24.3 Å². The number of aromatic nitrogens is 2. The Morgan fingerprint density at radius 3 is 2.61 bits per heavy atom. The third-order valence-electron chi connectivity index (χ3n) is 4.31. The number of thioether (sulfide) groups is 1. The standard InChI is InChI=1S/C21H23N5O4S/c1-2-3-5-13-7-9-14(10-8-13)23-16(27)12-31-21-25-18(22)17(20(29)26-21)24-19(28)15-6-4-11-30-15/h4,6-11H,2-3,5,12H2,1H3,(H,23,27)(H,24,28)(H3,22,25,26,29). The summed E-state index contributed by atoms with van der Waals surface area (Å²) < 4.78 is 4.97. The summed E-state index contributed by atoms with van der Waals surface area (Å²) >= 11 is 1.03. The lowest BCUT2D eigenvalue weighted by molar-refractivity contribution is -0.113. The first-order chi connectivity index (χ1) is 15.0. The molecule has 2 amide bonds. The first-order valence-electron chi connectivity index (χ1n) is 9.72. The fourth-order valence-corrected chi connectivity index (χ4v) is 3.38. The number of carbonyl (C=O) groups excluding carboxylic acids is 2. The summed E-state index contributed by atoms with van der Waals surface area (Å²) in [5.41, 5.74) is 6.93. The molecule has 0 aliphatic rings. The van der Waals surface area contributed by atoms with Crippen molar-refractivity contribution in [2.24, 2.45) is 0 Å². The zero-order valence-electron chi connectivity index (χ0n) is 16.9. The molecule has 0 aliphatic carbocycles. The highest BCUT2D eigenvalue weighted by molar-refractivity contribution is 7.99. The first-order valence-corrected chi connectivity index (χ1v) is 10.7. The number of anilines is 3. The fourth-order valence-electron chi connectivity index (χ4n) is 2.71. The maximum atomic E-state index is 12.3. The second kappa shape index (κ2) is 10.5. The fraction of sp³-hybridized carbons (Fsp3) is 0.238. The quantitative estimate of drug-likeness (QED) is 0.295. The number of amides is 2. The monoisotopic (exact) mass is 441 g/mol. The number of nitrogen functional groups attached to an aromatic ring is 1. The number of nitrogens with one attached hydrogen (secondary N) is 3. The van der Waals surface area contributed by atoms with Crippen LogP contribution in [0.15, 0.2) is 57.0 Å². The average molecular weight is 442 g/mol. The Morgan fingerprint density at radius 2 is 1.97 bits per heavy atom. The van der Waals surface area contributed by atoms with Gasteiger partial charge in [0, 0.05) is 5.69 Å². The van der Waals surface area contributed by atoms with Gasteiger partial charge in [0.2, 0.25) is 5.91 Å². The van der Waals surface area contributed by atoms with E-state index in [1.54, 1.807) is 6.07 Å². The van der Waals surface area contributed by atoms with Crippen molar-refractivity contribution < 1.29 is 14.0 Å². The highest BCUT2D eigenvalue weighted by Crippen LogP contribution is 2.18. The number of furan rings is 1. The molecule has 3 rings (SSSR count). The van der Waals surface area contributed by atoms with Gasteiger partial charge in [-0.3, -0.25) is 19.4 Å². The Labute approximate surface area is 182 Å². The molecule has 162 valence electrons. The normalized spacial score (nSPS) is 10.6. The number of nitrogens with two attached hydrogens (primary N) is 1. The molecule has 0 atom stereocenters. The van der Waals surface area contributed by atoms with E-state index in [0.717, 1.165) is 31.0 Å². The molecule has 2 heterocycles. The van der Waals surface area contributed by atoms with Crippen LogP contribution in [0.25, 0.3) is 0 Å². The molecule has 5 N–H and O–H groups in total. The SMILES string of the molecule is CCCCc1ccc(NC(=O)CSc2nc(N)c(NC(=O)c3ccco3)c(=O)[nH]2)cc1. The molecular formula is C21H23N5O4S. The molecular weight excluding hydrogens is 418 g/mol. The lowest BCUT2D eigenvalue weighted by atomic mass is 10.1. The van der Waals surface area contributed by atoms with Gasteiger partial charge >= 0.3 is 0 Å². The van der Waals surface area contributed by atoms with Crippen LogP contribution in [0, 0.1) is 0 Å². The Kier molecular flexibility index (Phi) is 7.50. The summed E-state index contributed by atoms with van der Waals surface area (Å²) in [4.78, 5) is 43.1. The van der Waals surface area contributed by atoms with Crippen molar-refractivity contribution >= 4 is 40.8 Å². The first kappa shape index (κ1) is 22.2. The van der Waals surface area contributed by atoms with Crippen LogP contribution in [0.2, 0.25) is 0 Å². The van der Waals surface area contributed by atoms with Crippen LogP contribution in [-0.4, -0.2) is 27.5 Å². The van der Waals surface area contributed by atoms with Gasteiger partial charge in [0.15, 0.2) is 22.4 Å². The van der Waals surface area contributed by atoms with Gasteiger partial charge in [0.05, 0.1) is 12.0 Å². The number of H-pyrrole nitrogens is 1. The van der Waals surface area contributed by atoms with Crippen molar-refractivity contribution in [3.63, 3.8) is 0 Å². The van der Waals surface area contributed by atoms with E-state index in [-0.39, 0.29) is 34.1 Å². The number of hydrogen-bond donors (Lipinski definition) is 4. The number of aromatic amines is 1. The van der Waals surface area contributed by atoms with Crippen LogP contribution >= 0.6 is 11.8 Å². The Balaban J connectivity index is 1.56. The van der Waals surface area contributed by atoms with Crippen LogP contribution < -0.4 is 21.9 Å². The zero-order chi connectivity index (χ0) is 22.2. The molecule has 1 aromatic carbocycles. The zero-order valence-corrected chi connectivity index (χ0v) is 17.8. The van der Waals surface area contributed by atoms with Crippen molar-refractivity contribution in [3.8, 4) is 0 Å². The Hall–Kier alpha value is -3.53. The van der Waals surface area contributed by atoms with E-state index in [9.17, 15) is 14.4 Å². The molecule has 0 saturated carbocycles. The summed E-state index contributed by atoms with van der Waals surface area (Å²) in [6, 6.07) is 10.7. The molecule has 0 aliphatic heterocycles. The summed E-state index contributed by atoms with van der Waals surface area (Å²) in [6.07, 6.45) is 4.61. The Bertz CT molecular complexity index is 1090. The summed E-state index contributed by atoms with van der Waals surface area (Å²) in [5.74, 6) is -0.966. The molecule has 0 saturated heterocycles. The largest absolute Gasteiger partial charge is 0.459 e. The molecule has 10 heteroatoms. The van der Waals surface area contributed by atoms with E-state index < -0.39 is 11.5 Å². The minimum atomic E-state index is -0.627. The molecule has 2 aromatic heterocycles. The van der Waals surface area contributed by atoms with Crippen LogP contribution in [0.1, 0.15) is 35.9 Å². The van der Waals surface area contributed by atoms with Gasteiger partial charge in [-0.15, -0.1) is 0 Å². The predicted molar refractivity (Wildman–Crippen MR) is 120 cm³/mol. The maximum Gasteiger partial charge on any atom is 0.291 e. The molecule has 31 heavy (non-hydrogen) atoms. The van der Waals surface area contributed by atoms with E-state index in [1.165, 1.54) is 17.9 Å². The molecule has 0 fully saturated rings. The molecule has 9 nitrogen and oxygen atoms in total. The third-order valence-corrected chi connectivity index (χ3v) is 5.18. The smallest absolute Gasteiger partial charge is 0.291 e. The molecule has 0 unspecified atom stereocenters. The van der Waals surface area contributed by atoms with Gasteiger partial charge in [-0.25, -0.2) is 4.98 Å². The highest BCUT2D eigenvalue weighted by Gasteiger charge is 2.16. The average Bonchev–Trinajstić information content (AvgIpc) is 3.29. The van der Waals surface area contributed by atoms with Gasteiger partial charge in [0.25, 0.3) is 11.5 Å². The highest BCUT2D eigenvalue weighted by atomic mass is 32.2. The van der Waals surface area contributed by atoms with Gasteiger partial charge < -0.3 is 20.8 Å². The number of hydrogen-bond acceptors (Lipinski definition) is 7. The second-order valence-electron chi connectivity index (χ2n) is 6.70. The van der Waals surface area contributed by atoms with Crippen LogP contribution in [0.4, 0.5) is 17.2 Å². The van der Waals surface area contributed by atoms with Crippen molar-refractivity contribution in [1.29, 1.82) is 0 Å². The molecule has 0 spiro atoms. The van der Waals surface area contributed by atoms with E-state index in [0.29, 0.717) is 5.69 Å². The van der Waals surface area contributed by atoms with E-state index in [4.69, 9.17) is 10.2 Å². The minimum absolute atomic E-state index is 0.0259. The number of aryl methyl sites for hydroxylation is 1. The minimum Gasteiger partial charge on any atom is -0.459 e. The van der Waals surface area contributed by atoms with Gasteiger partial charge in [0.1, 0.15) is 0 Å². The van der Waals surface area contributed by atoms with Crippen molar-refractivity contribution in [3.05, 3.63) is 64.3 Å². The maximum absolute atomic E-state index is 12.3. The molecule has 0 bridgehead atoms. The van der Waals surface area contributed by atoms with Crippen molar-refractivity contribution in [2.75, 3.05) is 22.1 Å². The van der Waals surface area contributed by atoms with Gasteiger partial charge in [-0.2, -0.15) is 0 Å². The second-order valence-corrected chi connectivity index (χ2v) is 7.66.